The van der Waals surface area contributed by atoms with E-state index in [1.165, 1.54) is 12.1 Å². The van der Waals surface area contributed by atoms with Gasteiger partial charge < -0.3 is 15.7 Å². The lowest BCUT2D eigenvalue weighted by molar-refractivity contribution is 0.318. The predicted octanol–water partition coefficient (Wildman–Crippen LogP) is 3.67. The van der Waals surface area contributed by atoms with Gasteiger partial charge in [0, 0.05) is 0 Å². The second-order valence-corrected chi connectivity index (χ2v) is 4.55. The summed E-state index contributed by atoms with van der Waals surface area (Å²) in [5.74, 6) is -0.549. The highest BCUT2D eigenvalue weighted by Crippen LogP contribution is 2.31. The third kappa shape index (κ3) is 2.83. The molecule has 104 valence electrons. The molecule has 0 atom stereocenters. The van der Waals surface area contributed by atoms with Gasteiger partial charge in [-0.15, -0.1) is 0 Å². The maximum absolute atomic E-state index is 13.8. The number of hydrogen-bond acceptors (Lipinski definition) is 3. The number of hydrogen-bond donors (Lipinski definition) is 2. The van der Waals surface area contributed by atoms with Crippen LogP contribution in [0.5, 0.6) is 11.5 Å². The summed E-state index contributed by atoms with van der Waals surface area (Å²) in [6.07, 6.45) is 0. The average Bonchev–Trinajstić information content (AvgIpc) is 2.44. The number of amidine groups is 1. The molecule has 0 heterocycles. The summed E-state index contributed by atoms with van der Waals surface area (Å²) in [6.45, 7) is 1.85. The van der Waals surface area contributed by atoms with Gasteiger partial charge in [0.05, 0.1) is 10.6 Å². The van der Waals surface area contributed by atoms with E-state index < -0.39 is 5.82 Å². The molecule has 6 heteroatoms. The minimum atomic E-state index is -0.666. The van der Waals surface area contributed by atoms with Gasteiger partial charge in [0.2, 0.25) is 0 Å². The van der Waals surface area contributed by atoms with E-state index in [-0.39, 0.29) is 22.4 Å². The summed E-state index contributed by atoms with van der Waals surface area (Å²) in [6, 6.07) is 9.49. The molecule has 0 aliphatic rings. The van der Waals surface area contributed by atoms with Crippen LogP contribution in [0.2, 0.25) is 5.02 Å². The molecule has 2 aromatic rings. The van der Waals surface area contributed by atoms with Crippen molar-refractivity contribution in [3.63, 3.8) is 0 Å². The molecule has 3 N–H and O–H groups in total. The Labute approximate surface area is 120 Å². The summed E-state index contributed by atoms with van der Waals surface area (Å²) >= 11 is 5.69. The quantitative estimate of drug-likeness (QED) is 0.393. The van der Waals surface area contributed by atoms with Crippen molar-refractivity contribution in [2.24, 2.45) is 10.9 Å². The summed E-state index contributed by atoms with van der Waals surface area (Å²) in [5.41, 5.74) is 6.85. The molecule has 2 aromatic carbocycles. The van der Waals surface area contributed by atoms with Gasteiger partial charge in [0.15, 0.2) is 17.4 Å². The fraction of sp³-hybridized carbons (Fsp3) is 0.0714. The van der Waals surface area contributed by atoms with Crippen LogP contribution in [-0.2, 0) is 0 Å². The maximum atomic E-state index is 13.8. The van der Waals surface area contributed by atoms with Crippen LogP contribution in [0.1, 0.15) is 11.1 Å². The third-order valence-electron chi connectivity index (χ3n) is 2.65. The molecule has 0 fully saturated rings. The monoisotopic (exact) mass is 294 g/mol. The number of ether oxygens (including phenoxy) is 1. The second kappa shape index (κ2) is 5.79. The minimum Gasteiger partial charge on any atom is -0.453 e. The molecule has 4 nitrogen and oxygen atoms in total. The van der Waals surface area contributed by atoms with Gasteiger partial charge in [-0.3, -0.25) is 0 Å². The zero-order chi connectivity index (χ0) is 14.7. The molecular formula is C14H12ClFN2O2. The Morgan fingerprint density at radius 2 is 2.05 bits per heavy atom. The molecular weight excluding hydrogens is 283 g/mol. The van der Waals surface area contributed by atoms with Crippen LogP contribution >= 0.6 is 11.6 Å². The van der Waals surface area contributed by atoms with Gasteiger partial charge in [-0.2, -0.15) is 0 Å². The molecule has 0 aliphatic heterocycles. The lowest BCUT2D eigenvalue weighted by atomic mass is 10.1. The van der Waals surface area contributed by atoms with Crippen molar-refractivity contribution in [3.8, 4) is 11.5 Å². The van der Waals surface area contributed by atoms with Crippen LogP contribution in [0, 0.1) is 12.7 Å². The van der Waals surface area contributed by atoms with Crippen molar-refractivity contribution in [2.45, 2.75) is 6.92 Å². The minimum absolute atomic E-state index is 0.0339. The van der Waals surface area contributed by atoms with E-state index in [2.05, 4.69) is 5.16 Å². The van der Waals surface area contributed by atoms with E-state index in [1.807, 2.05) is 6.92 Å². The number of rotatable bonds is 3. The van der Waals surface area contributed by atoms with Crippen molar-refractivity contribution in [1.82, 2.24) is 0 Å². The zero-order valence-electron chi connectivity index (χ0n) is 10.6. The Balaban J connectivity index is 2.46. The Bertz CT molecular complexity index is 674. The smallest absolute Gasteiger partial charge is 0.184 e. The second-order valence-electron chi connectivity index (χ2n) is 4.14. The van der Waals surface area contributed by atoms with Crippen LogP contribution in [-0.4, -0.2) is 11.0 Å². The molecule has 0 unspecified atom stereocenters. The molecule has 0 spiro atoms. The normalized spacial score (nSPS) is 11.4. The first kappa shape index (κ1) is 14.1. The highest BCUT2D eigenvalue weighted by Gasteiger charge is 2.13. The van der Waals surface area contributed by atoms with Crippen molar-refractivity contribution in [1.29, 1.82) is 0 Å². The van der Waals surface area contributed by atoms with Crippen molar-refractivity contribution in [3.05, 3.63) is 58.4 Å². The number of aryl methyl sites for hydroxylation is 1. The van der Waals surface area contributed by atoms with Gasteiger partial charge in [-0.1, -0.05) is 34.5 Å². The van der Waals surface area contributed by atoms with Gasteiger partial charge in [-0.25, -0.2) is 4.39 Å². The number of nitrogens with two attached hydrogens (primary N) is 1. The first-order valence-electron chi connectivity index (χ1n) is 5.73. The molecule has 0 aromatic heterocycles. The van der Waals surface area contributed by atoms with E-state index >= 15 is 0 Å². The first-order valence-corrected chi connectivity index (χ1v) is 6.11. The van der Waals surface area contributed by atoms with Crippen LogP contribution in [0.15, 0.2) is 41.6 Å². The summed E-state index contributed by atoms with van der Waals surface area (Å²) < 4.78 is 19.3. The van der Waals surface area contributed by atoms with Crippen LogP contribution in [0.25, 0.3) is 0 Å². The number of benzene rings is 2. The van der Waals surface area contributed by atoms with Gasteiger partial charge in [0.25, 0.3) is 0 Å². The van der Waals surface area contributed by atoms with E-state index in [1.54, 1.807) is 24.3 Å². The van der Waals surface area contributed by atoms with E-state index in [0.29, 0.717) is 5.56 Å². The predicted molar refractivity (Wildman–Crippen MR) is 75.2 cm³/mol. The van der Waals surface area contributed by atoms with Crippen molar-refractivity contribution >= 4 is 17.4 Å². The van der Waals surface area contributed by atoms with Gasteiger partial charge >= 0.3 is 0 Å². The fourth-order valence-corrected chi connectivity index (χ4v) is 1.83. The third-order valence-corrected chi connectivity index (χ3v) is 2.95. The molecule has 20 heavy (non-hydrogen) atoms. The molecule has 0 radical (unpaired) electrons. The van der Waals surface area contributed by atoms with Crippen LogP contribution < -0.4 is 10.5 Å². The maximum Gasteiger partial charge on any atom is 0.184 e. The van der Waals surface area contributed by atoms with E-state index in [9.17, 15) is 4.39 Å². The van der Waals surface area contributed by atoms with Crippen molar-refractivity contribution < 1.29 is 14.3 Å². The Morgan fingerprint density at radius 3 is 2.75 bits per heavy atom. The van der Waals surface area contributed by atoms with Crippen LogP contribution in [0.3, 0.4) is 0 Å². The van der Waals surface area contributed by atoms with Gasteiger partial charge in [0.1, 0.15) is 5.75 Å². The number of halogens is 2. The summed E-state index contributed by atoms with van der Waals surface area (Å²) in [5, 5.41) is 11.7. The molecule has 0 bridgehead atoms. The molecule has 0 amide bonds. The van der Waals surface area contributed by atoms with E-state index in [4.69, 9.17) is 27.3 Å². The molecule has 2 rings (SSSR count). The first-order chi connectivity index (χ1) is 9.52. The van der Waals surface area contributed by atoms with Crippen LogP contribution in [0.4, 0.5) is 4.39 Å². The van der Waals surface area contributed by atoms with E-state index in [0.717, 1.165) is 5.56 Å². The zero-order valence-corrected chi connectivity index (χ0v) is 11.4. The standard InChI is InChI=1S/C14H12ClFN2O2/c1-8-5-6-11(9(7-8)14(17)18-19)20-12-4-2-3-10(15)13(12)16/h2-7,19H,1H3,(H2,17,18). The lowest BCUT2D eigenvalue weighted by Gasteiger charge is -2.12. The lowest BCUT2D eigenvalue weighted by Crippen LogP contribution is -2.14. The Morgan fingerprint density at radius 1 is 1.30 bits per heavy atom. The Hall–Kier alpha value is -2.27. The SMILES string of the molecule is Cc1ccc(Oc2cccc(Cl)c2F)c(/C(N)=N/O)c1. The topological polar surface area (TPSA) is 67.8 Å². The summed E-state index contributed by atoms with van der Waals surface area (Å²) in [7, 11) is 0. The molecule has 0 saturated carbocycles. The summed E-state index contributed by atoms with van der Waals surface area (Å²) in [4.78, 5) is 0. The Kier molecular flexibility index (Phi) is 4.10. The fourth-order valence-electron chi connectivity index (χ4n) is 1.67. The average molecular weight is 295 g/mol. The number of oxime groups is 1. The highest BCUT2D eigenvalue weighted by molar-refractivity contribution is 6.30. The molecule has 0 saturated heterocycles. The number of nitrogens with zero attached hydrogens (tertiary/aromatic N) is 1. The van der Waals surface area contributed by atoms with Gasteiger partial charge in [-0.05, 0) is 31.2 Å². The van der Waals surface area contributed by atoms with Crippen molar-refractivity contribution in [2.75, 3.05) is 0 Å². The largest absolute Gasteiger partial charge is 0.453 e. The molecule has 0 aliphatic carbocycles. The highest BCUT2D eigenvalue weighted by atomic mass is 35.5.